The van der Waals surface area contributed by atoms with Crippen LogP contribution in [0.15, 0.2) is 58.4 Å². The molecule has 0 fully saturated rings. The standard InChI is InChI=1S/C15H10FN3OS/c16-12-7-3-1-5-10(12)9-17-19-14(20)11-6-2-4-8-13(11)18-15(19)21/h1-9H,(H,18,21)/b17-9-. The number of para-hydroxylation sites is 1. The van der Waals surface area contributed by atoms with E-state index in [1.54, 1.807) is 42.5 Å². The molecule has 0 aliphatic rings. The van der Waals surface area contributed by atoms with Gasteiger partial charge in [-0.25, -0.2) is 4.39 Å². The molecule has 0 saturated heterocycles. The number of fused-ring (bicyclic) bond motifs is 1. The van der Waals surface area contributed by atoms with Crippen molar-refractivity contribution in [1.29, 1.82) is 0 Å². The highest BCUT2D eigenvalue weighted by molar-refractivity contribution is 7.71. The predicted molar refractivity (Wildman–Crippen MR) is 82.8 cm³/mol. The number of nitrogens with one attached hydrogen (secondary N) is 1. The highest BCUT2D eigenvalue weighted by Gasteiger charge is 2.04. The highest BCUT2D eigenvalue weighted by atomic mass is 32.1. The minimum Gasteiger partial charge on any atom is -0.330 e. The summed E-state index contributed by atoms with van der Waals surface area (Å²) in [4.78, 5) is 15.2. The lowest BCUT2D eigenvalue weighted by atomic mass is 10.2. The zero-order valence-corrected chi connectivity index (χ0v) is 11.6. The van der Waals surface area contributed by atoms with Gasteiger partial charge in [-0.05, 0) is 30.4 Å². The van der Waals surface area contributed by atoms with Gasteiger partial charge in [0.1, 0.15) is 5.82 Å². The first-order chi connectivity index (χ1) is 10.2. The summed E-state index contributed by atoms with van der Waals surface area (Å²) in [6.07, 6.45) is 1.27. The molecule has 1 heterocycles. The quantitative estimate of drug-likeness (QED) is 0.584. The highest BCUT2D eigenvalue weighted by Crippen LogP contribution is 2.06. The van der Waals surface area contributed by atoms with Gasteiger partial charge in [-0.15, -0.1) is 0 Å². The molecule has 0 aliphatic carbocycles. The number of nitrogens with zero attached hydrogens (tertiary/aromatic N) is 2. The summed E-state index contributed by atoms with van der Waals surface area (Å²) in [6, 6.07) is 13.2. The van der Waals surface area contributed by atoms with E-state index in [-0.39, 0.29) is 15.9 Å². The van der Waals surface area contributed by atoms with Gasteiger partial charge in [0.25, 0.3) is 5.56 Å². The zero-order valence-electron chi connectivity index (χ0n) is 10.8. The molecule has 6 heteroatoms. The van der Waals surface area contributed by atoms with Crippen LogP contribution < -0.4 is 5.56 Å². The summed E-state index contributed by atoms with van der Waals surface area (Å²) in [5, 5.41) is 4.46. The number of hydrogen-bond donors (Lipinski definition) is 1. The van der Waals surface area contributed by atoms with E-state index in [1.807, 2.05) is 0 Å². The number of hydrogen-bond acceptors (Lipinski definition) is 3. The van der Waals surface area contributed by atoms with Crippen LogP contribution >= 0.6 is 12.2 Å². The SMILES string of the molecule is O=c1c2ccccc2[nH]c(=S)n1/N=C\c1ccccc1F. The number of H-pyrrole nitrogens is 1. The molecule has 0 bridgehead atoms. The Balaban J connectivity index is 2.16. The average molecular weight is 299 g/mol. The second-order valence-electron chi connectivity index (χ2n) is 4.36. The summed E-state index contributed by atoms with van der Waals surface area (Å²) < 4.78 is 14.7. The molecule has 0 saturated carbocycles. The lowest BCUT2D eigenvalue weighted by Gasteiger charge is -2.02. The van der Waals surface area contributed by atoms with Crippen LogP contribution in [-0.2, 0) is 0 Å². The van der Waals surface area contributed by atoms with E-state index in [2.05, 4.69) is 10.1 Å². The van der Waals surface area contributed by atoms with E-state index in [1.165, 1.54) is 12.3 Å². The molecule has 0 unspecified atom stereocenters. The van der Waals surface area contributed by atoms with Gasteiger partial charge in [0, 0.05) is 5.56 Å². The maximum Gasteiger partial charge on any atom is 0.282 e. The lowest BCUT2D eigenvalue weighted by Crippen LogP contribution is -2.18. The van der Waals surface area contributed by atoms with Crippen molar-refractivity contribution in [3.8, 4) is 0 Å². The van der Waals surface area contributed by atoms with Crippen molar-refractivity contribution in [1.82, 2.24) is 9.66 Å². The van der Waals surface area contributed by atoms with Gasteiger partial charge >= 0.3 is 0 Å². The molecule has 104 valence electrons. The Morgan fingerprint density at radius 3 is 2.67 bits per heavy atom. The number of rotatable bonds is 2. The van der Waals surface area contributed by atoms with Crippen LogP contribution in [0, 0.1) is 10.6 Å². The second-order valence-corrected chi connectivity index (χ2v) is 4.75. The molecule has 0 amide bonds. The number of aromatic nitrogens is 2. The molecule has 21 heavy (non-hydrogen) atoms. The summed E-state index contributed by atoms with van der Waals surface area (Å²) in [6.45, 7) is 0. The molecule has 0 atom stereocenters. The normalized spacial score (nSPS) is 11.3. The fourth-order valence-electron chi connectivity index (χ4n) is 1.96. The van der Waals surface area contributed by atoms with Gasteiger partial charge in [0.2, 0.25) is 4.77 Å². The van der Waals surface area contributed by atoms with Crippen LogP contribution in [0.4, 0.5) is 4.39 Å². The molecule has 2 aromatic carbocycles. The predicted octanol–water partition coefficient (Wildman–Crippen LogP) is 3.08. The summed E-state index contributed by atoms with van der Waals surface area (Å²) in [5.41, 5.74) is 0.582. The Bertz CT molecular complexity index is 959. The molecule has 0 radical (unpaired) electrons. The molecular formula is C15H10FN3OS. The summed E-state index contributed by atoms with van der Waals surface area (Å²) in [5.74, 6) is -0.412. The van der Waals surface area contributed by atoms with E-state index in [0.717, 1.165) is 4.68 Å². The van der Waals surface area contributed by atoms with Crippen LogP contribution in [0.5, 0.6) is 0 Å². The third-order valence-electron chi connectivity index (χ3n) is 3.00. The number of aromatic amines is 1. The van der Waals surface area contributed by atoms with Crippen molar-refractivity contribution in [2.45, 2.75) is 0 Å². The number of halogens is 1. The molecular weight excluding hydrogens is 289 g/mol. The van der Waals surface area contributed by atoms with Crippen molar-refractivity contribution in [3.05, 3.63) is 75.0 Å². The van der Waals surface area contributed by atoms with E-state index in [9.17, 15) is 9.18 Å². The summed E-state index contributed by atoms with van der Waals surface area (Å²) in [7, 11) is 0. The molecule has 3 aromatic rings. The van der Waals surface area contributed by atoms with Crippen LogP contribution in [0.1, 0.15) is 5.56 Å². The van der Waals surface area contributed by atoms with Gasteiger partial charge in [-0.3, -0.25) is 4.79 Å². The van der Waals surface area contributed by atoms with E-state index >= 15 is 0 Å². The fourth-order valence-corrected chi connectivity index (χ4v) is 2.20. The van der Waals surface area contributed by atoms with Crippen molar-refractivity contribution in [3.63, 3.8) is 0 Å². The maximum absolute atomic E-state index is 13.5. The monoisotopic (exact) mass is 299 g/mol. The molecule has 4 nitrogen and oxygen atoms in total. The first-order valence-electron chi connectivity index (χ1n) is 6.20. The van der Waals surface area contributed by atoms with Crippen molar-refractivity contribution >= 4 is 29.3 Å². The van der Waals surface area contributed by atoms with Gasteiger partial charge < -0.3 is 4.98 Å². The van der Waals surface area contributed by atoms with Crippen molar-refractivity contribution in [2.24, 2.45) is 5.10 Å². The Hall–Kier alpha value is -2.60. The zero-order chi connectivity index (χ0) is 14.8. The average Bonchev–Trinajstić information content (AvgIpc) is 2.49. The summed E-state index contributed by atoms with van der Waals surface area (Å²) >= 11 is 5.12. The van der Waals surface area contributed by atoms with Gasteiger partial charge in [-0.1, -0.05) is 30.3 Å². The van der Waals surface area contributed by atoms with Crippen LogP contribution in [0.3, 0.4) is 0 Å². The second kappa shape index (κ2) is 5.41. The Kier molecular flexibility index (Phi) is 3.45. The van der Waals surface area contributed by atoms with Crippen LogP contribution in [0.25, 0.3) is 10.9 Å². The molecule has 0 aliphatic heterocycles. The number of benzene rings is 2. The first-order valence-corrected chi connectivity index (χ1v) is 6.60. The first kappa shape index (κ1) is 13.4. The van der Waals surface area contributed by atoms with Gasteiger partial charge in [-0.2, -0.15) is 9.78 Å². The van der Waals surface area contributed by atoms with E-state index in [4.69, 9.17) is 12.2 Å². The van der Waals surface area contributed by atoms with Crippen molar-refractivity contribution in [2.75, 3.05) is 0 Å². The lowest BCUT2D eigenvalue weighted by molar-refractivity contribution is 0.625. The topological polar surface area (TPSA) is 50.1 Å². The van der Waals surface area contributed by atoms with E-state index in [0.29, 0.717) is 10.9 Å². The molecule has 1 N–H and O–H groups in total. The third kappa shape index (κ3) is 2.53. The van der Waals surface area contributed by atoms with Crippen molar-refractivity contribution < 1.29 is 4.39 Å². The Morgan fingerprint density at radius 2 is 1.86 bits per heavy atom. The minimum atomic E-state index is -0.412. The molecule has 1 aromatic heterocycles. The van der Waals surface area contributed by atoms with Crippen LogP contribution in [-0.4, -0.2) is 15.9 Å². The maximum atomic E-state index is 13.5. The Morgan fingerprint density at radius 1 is 1.14 bits per heavy atom. The fraction of sp³-hybridized carbons (Fsp3) is 0. The largest absolute Gasteiger partial charge is 0.330 e. The minimum absolute atomic E-state index is 0.159. The molecule has 3 rings (SSSR count). The Labute approximate surface area is 124 Å². The van der Waals surface area contributed by atoms with Gasteiger partial charge in [0.15, 0.2) is 0 Å². The smallest absolute Gasteiger partial charge is 0.282 e. The van der Waals surface area contributed by atoms with Crippen LogP contribution in [0.2, 0.25) is 0 Å². The van der Waals surface area contributed by atoms with E-state index < -0.39 is 5.82 Å². The third-order valence-corrected chi connectivity index (χ3v) is 3.28. The molecule has 0 spiro atoms. The van der Waals surface area contributed by atoms with Gasteiger partial charge in [0.05, 0.1) is 17.1 Å².